The fraction of sp³-hybridized carbons (Fsp3) is 0.333. The van der Waals surface area contributed by atoms with Crippen molar-refractivity contribution in [2.24, 2.45) is 5.18 Å². The molecule has 0 aliphatic carbocycles. The first-order valence-corrected chi connectivity index (χ1v) is 3.92. The molecule has 4 heteroatoms. The van der Waals surface area contributed by atoms with Crippen LogP contribution < -0.4 is 0 Å². The summed E-state index contributed by atoms with van der Waals surface area (Å²) >= 11 is 0. The summed E-state index contributed by atoms with van der Waals surface area (Å²) in [4.78, 5) is 10.00. The van der Waals surface area contributed by atoms with E-state index in [2.05, 4.69) is 5.18 Å². The van der Waals surface area contributed by atoms with Crippen LogP contribution in [0.1, 0.15) is 16.7 Å². The topological polar surface area (TPSA) is 69.9 Å². The minimum Gasteiger partial charge on any atom is -0.392 e. The fourth-order valence-corrected chi connectivity index (χ4v) is 1.19. The molecule has 0 saturated heterocycles. The van der Waals surface area contributed by atoms with E-state index < -0.39 is 0 Å². The average Bonchev–Trinajstić information content (AvgIpc) is 2.17. The molecule has 1 aromatic carbocycles. The Morgan fingerprint density at radius 2 is 1.46 bits per heavy atom. The molecule has 2 N–H and O–H groups in total. The summed E-state index contributed by atoms with van der Waals surface area (Å²) < 4.78 is 0. The van der Waals surface area contributed by atoms with Gasteiger partial charge in [0.05, 0.1) is 13.2 Å². The number of hydrogen-bond acceptors (Lipinski definition) is 4. The number of benzene rings is 1. The lowest BCUT2D eigenvalue weighted by Crippen LogP contribution is -1.92. The Hall–Kier alpha value is -1.26. The second kappa shape index (κ2) is 4.69. The highest BCUT2D eigenvalue weighted by Crippen LogP contribution is 2.11. The molecule has 0 heterocycles. The summed E-state index contributed by atoms with van der Waals surface area (Å²) in [7, 11) is 0. The van der Waals surface area contributed by atoms with Crippen LogP contribution in [0, 0.1) is 4.91 Å². The maximum atomic E-state index is 10.00. The van der Waals surface area contributed by atoms with Crippen LogP contribution in [0.25, 0.3) is 0 Å². The Kier molecular flexibility index (Phi) is 3.54. The summed E-state index contributed by atoms with van der Waals surface area (Å²) in [5.41, 5.74) is 2.08. The van der Waals surface area contributed by atoms with E-state index in [1.54, 1.807) is 18.2 Å². The highest BCUT2D eigenvalue weighted by molar-refractivity contribution is 5.29. The van der Waals surface area contributed by atoms with Crippen LogP contribution in [0.2, 0.25) is 0 Å². The molecule has 0 bridgehead atoms. The molecular formula is C9H11NO3. The first-order valence-electron chi connectivity index (χ1n) is 3.92. The number of hydrogen-bond donors (Lipinski definition) is 2. The molecule has 0 saturated carbocycles. The van der Waals surface area contributed by atoms with Gasteiger partial charge in [-0.15, -0.1) is 0 Å². The van der Waals surface area contributed by atoms with Gasteiger partial charge in [-0.25, -0.2) is 0 Å². The summed E-state index contributed by atoms with van der Waals surface area (Å²) in [6.45, 7) is -0.125. The molecule has 0 aromatic heterocycles. The lowest BCUT2D eigenvalue weighted by molar-refractivity contribution is 0.275. The summed E-state index contributed by atoms with van der Waals surface area (Å²) in [5, 5.41) is 20.5. The Morgan fingerprint density at radius 1 is 1.00 bits per heavy atom. The standard InChI is InChI=1S/C9H11NO3/c11-5-8-1-7(4-10-13)2-9(3-8)6-12/h1-3,11-12H,4-6H2. The van der Waals surface area contributed by atoms with Gasteiger partial charge in [-0.3, -0.25) is 0 Å². The van der Waals surface area contributed by atoms with Crippen LogP contribution in [0.5, 0.6) is 0 Å². The maximum Gasteiger partial charge on any atom is 0.106 e. The van der Waals surface area contributed by atoms with E-state index in [9.17, 15) is 4.91 Å². The van der Waals surface area contributed by atoms with E-state index in [0.29, 0.717) is 16.7 Å². The monoisotopic (exact) mass is 181 g/mol. The molecule has 70 valence electrons. The Labute approximate surface area is 75.8 Å². The van der Waals surface area contributed by atoms with Crippen molar-refractivity contribution < 1.29 is 10.2 Å². The van der Waals surface area contributed by atoms with Gasteiger partial charge < -0.3 is 10.2 Å². The summed E-state index contributed by atoms with van der Waals surface area (Å²) in [6, 6.07) is 5.08. The van der Waals surface area contributed by atoms with Gasteiger partial charge in [0.25, 0.3) is 0 Å². The fourth-order valence-electron chi connectivity index (χ4n) is 1.19. The van der Waals surface area contributed by atoms with E-state index in [1.807, 2.05) is 0 Å². The molecule has 0 unspecified atom stereocenters. The van der Waals surface area contributed by atoms with Gasteiger partial charge in [-0.05, 0) is 16.7 Å². The maximum absolute atomic E-state index is 10.00. The molecule has 0 aliphatic heterocycles. The van der Waals surface area contributed by atoms with Gasteiger partial charge in [0.1, 0.15) is 6.54 Å². The van der Waals surface area contributed by atoms with Gasteiger partial charge in [0, 0.05) is 0 Å². The van der Waals surface area contributed by atoms with Crippen molar-refractivity contribution >= 4 is 0 Å². The molecule has 0 radical (unpaired) electrons. The van der Waals surface area contributed by atoms with Crippen molar-refractivity contribution in [1.29, 1.82) is 0 Å². The molecule has 1 rings (SSSR count). The highest BCUT2D eigenvalue weighted by Gasteiger charge is 1.99. The van der Waals surface area contributed by atoms with E-state index in [1.165, 1.54) is 0 Å². The zero-order valence-corrected chi connectivity index (χ0v) is 7.10. The number of rotatable bonds is 4. The van der Waals surface area contributed by atoms with Crippen LogP contribution in [-0.4, -0.2) is 10.2 Å². The quantitative estimate of drug-likeness (QED) is 0.679. The lowest BCUT2D eigenvalue weighted by atomic mass is 10.1. The molecule has 4 nitrogen and oxygen atoms in total. The molecule has 0 atom stereocenters. The zero-order valence-electron chi connectivity index (χ0n) is 7.10. The van der Waals surface area contributed by atoms with E-state index >= 15 is 0 Å². The van der Waals surface area contributed by atoms with Crippen LogP contribution in [0.4, 0.5) is 0 Å². The third-order valence-electron chi connectivity index (χ3n) is 1.72. The second-order valence-electron chi connectivity index (χ2n) is 2.76. The van der Waals surface area contributed by atoms with Crippen LogP contribution in [0.15, 0.2) is 23.4 Å². The summed E-state index contributed by atoms with van der Waals surface area (Å²) in [5.74, 6) is 0. The zero-order chi connectivity index (χ0) is 9.68. The minimum atomic E-state index is -0.0975. The molecule has 0 fully saturated rings. The normalized spacial score (nSPS) is 10.0. The van der Waals surface area contributed by atoms with Gasteiger partial charge in [0.15, 0.2) is 0 Å². The van der Waals surface area contributed by atoms with Crippen molar-refractivity contribution in [3.8, 4) is 0 Å². The largest absolute Gasteiger partial charge is 0.392 e. The van der Waals surface area contributed by atoms with Crippen molar-refractivity contribution in [2.75, 3.05) is 0 Å². The molecule has 1 aromatic rings. The number of aliphatic hydroxyl groups is 2. The van der Waals surface area contributed by atoms with Crippen molar-refractivity contribution in [3.05, 3.63) is 39.8 Å². The number of nitroso groups, excluding NO2 is 1. The second-order valence-corrected chi connectivity index (χ2v) is 2.76. The van der Waals surface area contributed by atoms with Crippen molar-refractivity contribution in [2.45, 2.75) is 19.8 Å². The molecular weight excluding hydrogens is 170 g/mol. The lowest BCUT2D eigenvalue weighted by Gasteiger charge is -2.03. The Morgan fingerprint density at radius 3 is 1.85 bits per heavy atom. The van der Waals surface area contributed by atoms with E-state index in [0.717, 1.165) is 0 Å². The first-order chi connectivity index (χ1) is 6.30. The first kappa shape index (κ1) is 9.83. The predicted octanol–water partition coefficient (Wildman–Crippen LogP) is 0.938. The molecule has 0 aliphatic rings. The molecule has 0 amide bonds. The van der Waals surface area contributed by atoms with Crippen molar-refractivity contribution in [3.63, 3.8) is 0 Å². The summed E-state index contributed by atoms with van der Waals surface area (Å²) in [6.07, 6.45) is 0. The minimum absolute atomic E-state index is 0.0703. The third-order valence-corrected chi connectivity index (χ3v) is 1.72. The van der Waals surface area contributed by atoms with Gasteiger partial charge >= 0.3 is 0 Å². The van der Waals surface area contributed by atoms with Crippen LogP contribution in [-0.2, 0) is 19.8 Å². The van der Waals surface area contributed by atoms with Gasteiger partial charge in [0.2, 0.25) is 0 Å². The van der Waals surface area contributed by atoms with E-state index in [-0.39, 0.29) is 19.8 Å². The third kappa shape index (κ3) is 2.61. The Bertz CT molecular complexity index is 277. The van der Waals surface area contributed by atoms with Crippen LogP contribution in [0.3, 0.4) is 0 Å². The van der Waals surface area contributed by atoms with E-state index in [4.69, 9.17) is 10.2 Å². The highest BCUT2D eigenvalue weighted by atomic mass is 16.3. The van der Waals surface area contributed by atoms with Gasteiger partial charge in [-0.2, -0.15) is 4.91 Å². The molecule has 0 spiro atoms. The number of nitrogens with zero attached hydrogens (tertiary/aromatic N) is 1. The molecule has 13 heavy (non-hydrogen) atoms. The van der Waals surface area contributed by atoms with Crippen molar-refractivity contribution in [1.82, 2.24) is 0 Å². The predicted molar refractivity (Wildman–Crippen MR) is 47.8 cm³/mol. The SMILES string of the molecule is O=NCc1cc(CO)cc(CO)c1. The number of aliphatic hydroxyl groups excluding tert-OH is 2. The average molecular weight is 181 g/mol. The van der Waals surface area contributed by atoms with Gasteiger partial charge in [-0.1, -0.05) is 23.4 Å². The Balaban J connectivity index is 2.99. The van der Waals surface area contributed by atoms with Crippen LogP contribution >= 0.6 is 0 Å². The smallest absolute Gasteiger partial charge is 0.106 e.